The minimum Gasteiger partial charge on any atom is -0.506 e. The van der Waals surface area contributed by atoms with E-state index in [4.69, 9.17) is 4.74 Å². The first-order chi connectivity index (χ1) is 28.7. The lowest BCUT2D eigenvalue weighted by Crippen LogP contribution is -2.59. The monoisotopic (exact) mass is 799 g/mol. The molecule has 3 atom stereocenters. The van der Waals surface area contributed by atoms with Crippen LogP contribution in [0.5, 0.6) is 11.5 Å². The number of phenols is 1. The Morgan fingerprint density at radius 1 is 0.864 bits per heavy atom. The van der Waals surface area contributed by atoms with Crippen molar-refractivity contribution in [3.8, 4) is 11.5 Å². The predicted molar refractivity (Wildman–Crippen MR) is 226 cm³/mol. The molecule has 1 aromatic heterocycles. The summed E-state index contributed by atoms with van der Waals surface area (Å²) in [7, 11) is 0. The van der Waals surface area contributed by atoms with Gasteiger partial charge in [-0.2, -0.15) is 0 Å². The molecule has 0 aliphatic carbocycles. The van der Waals surface area contributed by atoms with E-state index in [2.05, 4.69) is 15.2 Å². The summed E-state index contributed by atoms with van der Waals surface area (Å²) in [5.74, 6) is 1.34. The second-order valence-corrected chi connectivity index (χ2v) is 16.3. The number of carboxylic acid groups (broad SMARTS) is 1. The molecule has 5 heterocycles. The van der Waals surface area contributed by atoms with Crippen molar-refractivity contribution in [3.05, 3.63) is 141 Å². The summed E-state index contributed by atoms with van der Waals surface area (Å²) < 4.78 is 6.38. The van der Waals surface area contributed by atoms with Gasteiger partial charge in [-0.05, 0) is 122 Å². The lowest BCUT2D eigenvalue weighted by molar-refractivity contribution is -0.000816. The summed E-state index contributed by atoms with van der Waals surface area (Å²) in [5.41, 5.74) is 4.17. The second kappa shape index (κ2) is 18.1. The van der Waals surface area contributed by atoms with Crippen LogP contribution in [0.15, 0.2) is 108 Å². The molecule has 0 spiro atoms. The maximum Gasteiger partial charge on any atom is 0.408 e. The molecule has 4 saturated heterocycles. The number of aromatic amines is 1. The maximum absolute atomic E-state index is 13.4. The van der Waals surface area contributed by atoms with Crippen molar-refractivity contribution in [1.82, 2.24) is 25.0 Å². The summed E-state index contributed by atoms with van der Waals surface area (Å²) in [4.78, 5) is 46.8. The number of amides is 2. The highest BCUT2D eigenvalue weighted by molar-refractivity contribution is 5.94. The highest BCUT2D eigenvalue weighted by atomic mass is 16.5. The third-order valence-electron chi connectivity index (χ3n) is 12.5. The molecule has 12 heteroatoms. The van der Waals surface area contributed by atoms with Gasteiger partial charge in [0.25, 0.3) is 5.91 Å². The first-order valence-corrected chi connectivity index (χ1v) is 20.8. The Morgan fingerprint density at radius 3 is 2.32 bits per heavy atom. The predicted octanol–water partition coefficient (Wildman–Crippen LogP) is 6.19. The highest BCUT2D eigenvalue weighted by Gasteiger charge is 2.43. The standard InChI is InChI=1S/C47H53N5O7/c53-41-15-13-38(39-14-16-43(55)49-44(39)41)42(54)28-48-22-17-31-9-11-35(12-10-31)46(56)51-25-18-32(19-26-51)30-59-37-8-4-7-36(27-37)45(34-5-2-1-3-6-34)52(47(57)58)40-29-50-23-20-33(40)21-24-50/h1-16,27,32-33,40,42,45,48,53-54H,17-26,28-30H2,(H,49,55)(H,57,58)/t40-,42+,45?/m0/s1. The number of nitrogens with zero attached hydrogens (tertiary/aromatic N) is 3. The van der Waals surface area contributed by atoms with Crippen molar-refractivity contribution in [3.63, 3.8) is 0 Å². The van der Waals surface area contributed by atoms with Crippen LogP contribution in [0.3, 0.4) is 0 Å². The van der Waals surface area contributed by atoms with Crippen LogP contribution in [0.1, 0.15) is 70.4 Å². The van der Waals surface area contributed by atoms with Gasteiger partial charge in [-0.1, -0.05) is 60.7 Å². The molecule has 5 N–H and O–H groups in total. The number of aliphatic hydroxyl groups excluding tert-OH is 1. The number of benzene rings is 4. The van der Waals surface area contributed by atoms with E-state index >= 15 is 0 Å². The SMILES string of the molecule is O=C(c1ccc(CCNC[C@@H](O)c2ccc(O)c3[nH]c(=O)ccc23)cc1)N1CCC(COc2cccc(C(c3ccccc3)N(C(=O)O)[C@H]3CN4CCC3CC4)c2)CC1. The zero-order valence-corrected chi connectivity index (χ0v) is 33.2. The molecule has 2 bridgehead atoms. The molecule has 308 valence electrons. The van der Waals surface area contributed by atoms with Gasteiger partial charge in [-0.15, -0.1) is 0 Å². The Labute approximate surface area is 344 Å². The molecule has 4 fully saturated rings. The van der Waals surface area contributed by atoms with Crippen LogP contribution in [-0.2, 0) is 6.42 Å². The summed E-state index contributed by atoms with van der Waals surface area (Å²) >= 11 is 0. The van der Waals surface area contributed by atoms with Crippen molar-refractivity contribution in [2.75, 3.05) is 52.4 Å². The first-order valence-electron chi connectivity index (χ1n) is 20.8. The van der Waals surface area contributed by atoms with Gasteiger partial charge < -0.3 is 40.2 Å². The number of rotatable bonds is 14. The molecule has 1 unspecified atom stereocenters. The van der Waals surface area contributed by atoms with Crippen molar-refractivity contribution >= 4 is 22.9 Å². The zero-order chi connectivity index (χ0) is 40.9. The van der Waals surface area contributed by atoms with Gasteiger partial charge >= 0.3 is 6.09 Å². The molecule has 59 heavy (non-hydrogen) atoms. The van der Waals surface area contributed by atoms with E-state index in [1.54, 1.807) is 17.0 Å². The Morgan fingerprint density at radius 2 is 1.61 bits per heavy atom. The van der Waals surface area contributed by atoms with E-state index < -0.39 is 18.2 Å². The Balaban J connectivity index is 0.816. The van der Waals surface area contributed by atoms with Gasteiger partial charge in [-0.25, -0.2) is 4.79 Å². The second-order valence-electron chi connectivity index (χ2n) is 16.3. The number of aromatic hydroxyl groups is 1. The van der Waals surface area contributed by atoms with Crippen molar-refractivity contribution in [2.24, 2.45) is 11.8 Å². The number of ether oxygens (including phenoxy) is 1. The smallest absolute Gasteiger partial charge is 0.408 e. The van der Waals surface area contributed by atoms with Gasteiger partial charge in [0, 0.05) is 43.2 Å². The molecule has 4 aromatic carbocycles. The summed E-state index contributed by atoms with van der Waals surface area (Å²) in [6.07, 6.45) is 2.70. The summed E-state index contributed by atoms with van der Waals surface area (Å²) in [6, 6.07) is 31.1. The molecular weight excluding hydrogens is 747 g/mol. The van der Waals surface area contributed by atoms with E-state index in [-0.39, 0.29) is 23.3 Å². The number of likely N-dealkylation sites (tertiary alicyclic amines) is 1. The number of nitrogens with one attached hydrogen (secondary N) is 2. The van der Waals surface area contributed by atoms with Gasteiger partial charge in [0.2, 0.25) is 5.56 Å². The van der Waals surface area contributed by atoms with E-state index in [0.29, 0.717) is 73.1 Å². The summed E-state index contributed by atoms with van der Waals surface area (Å²) in [6.45, 7) is 5.58. The minimum absolute atomic E-state index is 0.0188. The lowest BCUT2D eigenvalue weighted by atomic mass is 9.81. The number of phenolic OH excluding ortho intramolecular Hbond substituents is 1. The molecule has 0 saturated carbocycles. The average molecular weight is 800 g/mol. The fourth-order valence-electron chi connectivity index (χ4n) is 9.26. The number of hydrogen-bond acceptors (Lipinski definition) is 8. The third-order valence-corrected chi connectivity index (χ3v) is 12.5. The van der Waals surface area contributed by atoms with Gasteiger partial charge in [0.1, 0.15) is 11.5 Å². The Hall–Kier alpha value is -5.69. The minimum atomic E-state index is -0.898. The van der Waals surface area contributed by atoms with E-state index in [0.717, 1.165) is 67.8 Å². The number of aromatic nitrogens is 1. The maximum atomic E-state index is 13.4. The first kappa shape index (κ1) is 40.1. The molecule has 4 aliphatic rings. The van der Waals surface area contributed by atoms with Gasteiger partial charge in [-0.3, -0.25) is 14.5 Å². The molecule has 4 aliphatic heterocycles. The number of pyridine rings is 1. The number of carbonyl (C=O) groups is 2. The lowest BCUT2D eigenvalue weighted by Gasteiger charge is -2.50. The zero-order valence-electron chi connectivity index (χ0n) is 33.2. The van der Waals surface area contributed by atoms with Crippen molar-refractivity contribution in [1.29, 1.82) is 0 Å². The topological polar surface area (TPSA) is 159 Å². The quantitative estimate of drug-likeness (QED) is 0.0826. The molecular formula is C47H53N5O7. The number of piperidine rings is 4. The van der Waals surface area contributed by atoms with Crippen LogP contribution in [0, 0.1) is 11.8 Å². The van der Waals surface area contributed by atoms with E-state index in [1.807, 2.05) is 83.8 Å². The van der Waals surface area contributed by atoms with Crippen LogP contribution in [0.25, 0.3) is 10.9 Å². The number of carbonyl (C=O) groups excluding carboxylic acids is 1. The normalized spacial score (nSPS) is 20.3. The van der Waals surface area contributed by atoms with Crippen molar-refractivity contribution in [2.45, 2.75) is 50.3 Å². The largest absolute Gasteiger partial charge is 0.506 e. The number of hydrogen-bond donors (Lipinski definition) is 5. The van der Waals surface area contributed by atoms with Crippen LogP contribution >= 0.6 is 0 Å². The third kappa shape index (κ3) is 9.15. The molecule has 12 nitrogen and oxygen atoms in total. The van der Waals surface area contributed by atoms with Gasteiger partial charge in [0.05, 0.1) is 30.3 Å². The van der Waals surface area contributed by atoms with Gasteiger partial charge in [0.15, 0.2) is 0 Å². The molecule has 9 rings (SSSR count). The van der Waals surface area contributed by atoms with Crippen LogP contribution in [0.4, 0.5) is 4.79 Å². The van der Waals surface area contributed by atoms with Crippen LogP contribution in [-0.4, -0.2) is 105 Å². The number of aliphatic hydroxyl groups is 1. The highest BCUT2D eigenvalue weighted by Crippen LogP contribution is 2.39. The Bertz CT molecular complexity index is 2280. The van der Waals surface area contributed by atoms with E-state index in [9.17, 15) is 29.7 Å². The molecule has 5 aromatic rings. The van der Waals surface area contributed by atoms with Crippen molar-refractivity contribution < 1.29 is 29.6 Å². The number of H-pyrrole nitrogens is 1. The van der Waals surface area contributed by atoms with E-state index in [1.165, 1.54) is 12.1 Å². The van der Waals surface area contributed by atoms with Crippen LogP contribution in [0.2, 0.25) is 0 Å². The van der Waals surface area contributed by atoms with Crippen LogP contribution < -0.4 is 15.6 Å². The summed E-state index contributed by atoms with van der Waals surface area (Å²) in [5, 5.41) is 35.5. The Kier molecular flexibility index (Phi) is 12.3. The molecule has 0 radical (unpaired) electrons. The average Bonchev–Trinajstić information content (AvgIpc) is 3.27. The fraction of sp³-hybridized carbons (Fsp3) is 0.383. The number of fused-ring (bicyclic) bond motifs is 4. The fourth-order valence-corrected chi connectivity index (χ4v) is 9.26. The molecule has 2 amide bonds.